The third-order valence-corrected chi connectivity index (χ3v) is 13.6. The molecule has 9 rings (SSSR count). The number of aryl methyl sites for hydroxylation is 3. The average Bonchev–Trinajstić information content (AvgIpc) is 3.46. The summed E-state index contributed by atoms with van der Waals surface area (Å²) in [6.45, 7) is 37.1. The van der Waals surface area contributed by atoms with E-state index in [0.29, 0.717) is 29.4 Å². The molecule has 0 aliphatic carbocycles. The molecule has 0 amide bonds. The number of nitrogens with zero attached hydrogens (tertiary/aromatic N) is 2. The van der Waals surface area contributed by atoms with Gasteiger partial charge in [0.05, 0.1) is 26.4 Å². The quantitative estimate of drug-likeness (QED) is 0.0893. The summed E-state index contributed by atoms with van der Waals surface area (Å²) in [5, 5.41) is 18.1. The Bertz CT molecular complexity index is 2500. The molecule has 13 heteroatoms. The summed E-state index contributed by atoms with van der Waals surface area (Å²) >= 11 is 9.31. The minimum Gasteiger partial charge on any atom is -0.508 e. The Balaban J connectivity index is 0.000000493. The Morgan fingerprint density at radius 3 is 0.835 bits per heavy atom. The highest BCUT2D eigenvalue weighted by Gasteiger charge is 2.13. The highest BCUT2D eigenvalue weighted by molar-refractivity contribution is 9.69. The minimum absolute atomic E-state index is 0. The van der Waals surface area contributed by atoms with Crippen LogP contribution in [-0.4, -0.2) is 66.0 Å². The van der Waals surface area contributed by atoms with Crippen molar-refractivity contribution in [2.75, 3.05) is 62.4 Å². The number of ether oxygens (including phenoxy) is 2. The standard InChI is InChI=1S/C13H19NO.C12H18N2O.2C10H14.C9H13N.C9H12O.C8H11NO.CH4.BBr3/c1-11(2)12-4-3-5-13(10-12)14-6-8-15-9-7-14;1-10(13)11-3-2-4-12(9-11)14-5-7-15-8-6-14;2*1-8(2)10-6-4-5-9(3)7-10;1-7-4-3-5-9(6-7)8(2)10;1-7(2)8-4-3-5-9(10)6-8;1-6(9)7-3-2-4-8(10)5-7;;2-1(3)4/h3-5,10-11H,6-9H2,1-2H3;2-4,9-10H,5-8,13H2,1H3;2*4-8H,1-3H3;3-6,8H,10H2,1-2H3;3-7,10H,1-2H3;2-6,10H,9H2,1H3;1H4;/t;10-;;;8-;;6-;;/m.0..0.0../s1. The Hall–Kier alpha value is -4.96. The maximum Gasteiger partial charge on any atom is 0.369 e. The molecule has 7 aromatic carbocycles. The lowest BCUT2D eigenvalue weighted by Crippen LogP contribution is -2.36. The number of anilines is 2. The summed E-state index contributed by atoms with van der Waals surface area (Å²) in [7, 11) is 0. The van der Waals surface area contributed by atoms with Gasteiger partial charge in [-0.15, -0.1) is 47.3 Å². The molecule has 2 fully saturated rings. The highest BCUT2D eigenvalue weighted by atomic mass is 79.9. The molecule has 2 aliphatic rings. The van der Waals surface area contributed by atoms with Crippen molar-refractivity contribution in [3.05, 3.63) is 225 Å². The summed E-state index contributed by atoms with van der Waals surface area (Å²) in [4.78, 5) is 4.74. The molecule has 0 unspecified atom stereocenters. The molecular weight excluding hydrogens is 1250 g/mol. The number of rotatable bonds is 9. The second-order valence-electron chi connectivity index (χ2n) is 22.6. The van der Waals surface area contributed by atoms with Gasteiger partial charge in [0.15, 0.2) is 0 Å². The van der Waals surface area contributed by atoms with E-state index in [2.05, 4.69) is 248 Å². The molecule has 0 radical (unpaired) electrons. The normalized spacial score (nSPS) is 13.4. The van der Waals surface area contributed by atoms with E-state index < -0.39 is 0 Å². The Labute approximate surface area is 540 Å². The van der Waals surface area contributed by atoms with E-state index in [0.717, 1.165) is 58.2 Å². The predicted molar refractivity (Wildman–Crippen MR) is 382 cm³/mol. The van der Waals surface area contributed by atoms with Gasteiger partial charge in [-0.1, -0.05) is 201 Å². The minimum atomic E-state index is -0.00731. The maximum atomic E-state index is 9.06. The van der Waals surface area contributed by atoms with Crippen LogP contribution in [-0.2, 0) is 9.47 Å². The Kier molecular flexibility index (Phi) is 40.1. The zero-order chi connectivity index (χ0) is 62.7. The van der Waals surface area contributed by atoms with Gasteiger partial charge in [-0.25, -0.2) is 0 Å². The van der Waals surface area contributed by atoms with Gasteiger partial charge < -0.3 is 46.7 Å². The van der Waals surface area contributed by atoms with E-state index in [9.17, 15) is 0 Å². The SMILES string of the molecule is BrB(Br)Br.C.CC(C)c1cccc(N2CCOCC2)c1.CC(C)c1cccc(O)c1.C[C@H](N)c1cccc(N2CCOCC2)c1.C[C@H](N)c1cccc(O)c1.Cc1cccc(C(C)C)c1.Cc1cccc(C(C)C)c1.Cc1cccc([C@H](C)N)c1. The largest absolute Gasteiger partial charge is 0.508 e. The molecule has 0 aromatic heterocycles. The van der Waals surface area contributed by atoms with Gasteiger partial charge in [0.1, 0.15) is 11.5 Å². The van der Waals surface area contributed by atoms with Crippen molar-refractivity contribution in [1.82, 2.24) is 0 Å². The fourth-order valence-corrected chi connectivity index (χ4v) is 8.43. The lowest BCUT2D eigenvalue weighted by Gasteiger charge is -2.29. The lowest BCUT2D eigenvalue weighted by atomic mass is 10.0. The molecule has 2 heterocycles. The zero-order valence-corrected chi connectivity index (χ0v) is 57.7. The number of aromatic hydroxyl groups is 2. The van der Waals surface area contributed by atoms with Crippen molar-refractivity contribution >= 4 is 61.8 Å². The van der Waals surface area contributed by atoms with Crippen LogP contribution in [0.3, 0.4) is 0 Å². The van der Waals surface area contributed by atoms with Crippen LogP contribution >= 0.6 is 47.3 Å². The van der Waals surface area contributed by atoms with Gasteiger partial charge in [0.2, 0.25) is 0 Å². The van der Waals surface area contributed by atoms with E-state index in [1.165, 1.54) is 61.4 Å². The molecule has 466 valence electrons. The first-order valence-electron chi connectivity index (χ1n) is 29.6. The predicted octanol–water partition coefficient (Wildman–Crippen LogP) is 19.2. The van der Waals surface area contributed by atoms with Crippen LogP contribution in [0.25, 0.3) is 0 Å². The Morgan fingerprint density at radius 1 is 0.365 bits per heavy atom. The molecular formula is C72H105BBr3N5O4. The van der Waals surface area contributed by atoms with Crippen LogP contribution < -0.4 is 27.0 Å². The van der Waals surface area contributed by atoms with Crippen LogP contribution in [0.5, 0.6) is 11.5 Å². The number of hydrogen-bond acceptors (Lipinski definition) is 9. The van der Waals surface area contributed by atoms with Gasteiger partial charge in [-0.2, -0.15) is 0 Å². The first kappa shape index (κ1) is 78.1. The summed E-state index contributed by atoms with van der Waals surface area (Å²) < 4.78 is 11.0. The van der Waals surface area contributed by atoms with Gasteiger partial charge in [0, 0.05) is 55.7 Å². The molecule has 3 atom stereocenters. The molecule has 0 saturated carbocycles. The number of morpholine rings is 2. The van der Waals surface area contributed by atoms with Crippen molar-refractivity contribution < 1.29 is 19.7 Å². The zero-order valence-electron chi connectivity index (χ0n) is 52.9. The van der Waals surface area contributed by atoms with Crippen molar-refractivity contribution in [3.63, 3.8) is 0 Å². The third kappa shape index (κ3) is 34.2. The van der Waals surface area contributed by atoms with Gasteiger partial charge >= 0.3 is 3.18 Å². The summed E-state index contributed by atoms with van der Waals surface area (Å²) in [6, 6.07) is 57.5. The van der Waals surface area contributed by atoms with E-state index >= 15 is 0 Å². The fraction of sp³-hybridized carbons (Fsp3) is 0.417. The number of phenolic OH excluding ortho intramolecular Hbond substituents is 2. The highest BCUT2D eigenvalue weighted by Crippen LogP contribution is 2.24. The molecule has 0 bridgehead atoms. The van der Waals surface area contributed by atoms with Crippen molar-refractivity contribution in [3.8, 4) is 11.5 Å². The molecule has 2 aliphatic heterocycles. The van der Waals surface area contributed by atoms with Crippen molar-refractivity contribution in [2.45, 2.75) is 146 Å². The van der Waals surface area contributed by atoms with Crippen LogP contribution in [0.2, 0.25) is 0 Å². The topological polar surface area (TPSA) is 143 Å². The smallest absolute Gasteiger partial charge is 0.369 e. The number of halogens is 3. The molecule has 85 heavy (non-hydrogen) atoms. The summed E-state index contributed by atoms with van der Waals surface area (Å²) in [5.41, 5.74) is 32.5. The first-order chi connectivity index (χ1) is 39.8. The number of hydrogen-bond donors (Lipinski definition) is 5. The van der Waals surface area contributed by atoms with Crippen LogP contribution in [0.4, 0.5) is 11.4 Å². The fourth-order valence-electron chi connectivity index (χ4n) is 8.43. The lowest BCUT2D eigenvalue weighted by molar-refractivity contribution is 0.122. The average molecular weight is 1360 g/mol. The number of phenols is 2. The molecule has 8 N–H and O–H groups in total. The number of benzene rings is 7. The van der Waals surface area contributed by atoms with Gasteiger partial charge in [-0.05, 0) is 153 Å². The van der Waals surface area contributed by atoms with Crippen molar-refractivity contribution in [1.29, 1.82) is 0 Å². The maximum absolute atomic E-state index is 9.06. The number of nitrogens with two attached hydrogens (primary N) is 3. The first-order valence-corrected chi connectivity index (χ1v) is 32.3. The van der Waals surface area contributed by atoms with Crippen LogP contribution in [0, 0.1) is 20.8 Å². The summed E-state index contributed by atoms with van der Waals surface area (Å²) in [5.74, 6) is 3.03. The third-order valence-electron chi connectivity index (χ3n) is 13.6. The second-order valence-corrected chi connectivity index (χ2v) is 29.0. The molecule has 0 spiro atoms. The van der Waals surface area contributed by atoms with E-state index in [4.69, 9.17) is 36.9 Å². The summed E-state index contributed by atoms with van der Waals surface area (Å²) in [6.07, 6.45) is 0. The molecule has 9 nitrogen and oxygen atoms in total. The molecule has 2 saturated heterocycles. The van der Waals surface area contributed by atoms with Gasteiger partial charge in [-0.3, -0.25) is 0 Å². The van der Waals surface area contributed by atoms with Crippen LogP contribution in [0.1, 0.15) is 181 Å². The van der Waals surface area contributed by atoms with E-state index in [1.807, 2.05) is 45.0 Å². The van der Waals surface area contributed by atoms with Gasteiger partial charge in [0.25, 0.3) is 0 Å². The monoisotopic (exact) mass is 1350 g/mol. The second kappa shape index (κ2) is 43.6. The van der Waals surface area contributed by atoms with Crippen molar-refractivity contribution in [2.24, 2.45) is 17.2 Å². The molecule has 7 aromatic rings. The van der Waals surface area contributed by atoms with E-state index in [1.54, 1.807) is 30.3 Å². The van der Waals surface area contributed by atoms with E-state index in [-0.39, 0.29) is 34.5 Å². The van der Waals surface area contributed by atoms with Crippen LogP contribution in [0.15, 0.2) is 170 Å². The Morgan fingerprint density at radius 2 is 0.588 bits per heavy atom.